The van der Waals surface area contributed by atoms with Gasteiger partial charge in [0.2, 0.25) is 5.91 Å². The molecule has 134 valence electrons. The summed E-state index contributed by atoms with van der Waals surface area (Å²) in [6.45, 7) is 11.4. The lowest BCUT2D eigenvalue weighted by molar-refractivity contribution is -0.161. The molecule has 0 bridgehead atoms. The Morgan fingerprint density at radius 1 is 1.00 bits per heavy atom. The van der Waals surface area contributed by atoms with Crippen molar-refractivity contribution in [1.82, 2.24) is 5.32 Å². The van der Waals surface area contributed by atoms with Crippen LogP contribution >= 0.6 is 0 Å². The van der Waals surface area contributed by atoms with E-state index < -0.39 is 5.60 Å². The second-order valence-electron chi connectivity index (χ2n) is 6.78. The first-order chi connectivity index (χ1) is 10.6. The largest absolute Gasteiger partial charge is 0.465 e. The number of ether oxygens (including phenoxy) is 2. The predicted molar refractivity (Wildman–Crippen MR) is 87.7 cm³/mol. The van der Waals surface area contributed by atoms with Crippen LogP contribution in [0, 0.1) is 11.8 Å². The van der Waals surface area contributed by atoms with Crippen LogP contribution in [0.15, 0.2) is 0 Å². The van der Waals surface area contributed by atoms with E-state index in [-0.39, 0.29) is 36.3 Å². The fourth-order valence-corrected chi connectivity index (χ4v) is 1.67. The molecule has 2 unspecified atom stereocenters. The van der Waals surface area contributed by atoms with Crippen molar-refractivity contribution in [2.45, 2.75) is 66.4 Å². The van der Waals surface area contributed by atoms with Gasteiger partial charge in [0.1, 0.15) is 5.60 Å². The third-order valence-electron chi connectivity index (χ3n) is 3.23. The number of amides is 1. The highest BCUT2D eigenvalue weighted by molar-refractivity contribution is 5.76. The van der Waals surface area contributed by atoms with Crippen molar-refractivity contribution in [3.8, 4) is 0 Å². The maximum atomic E-state index is 11.8. The average Bonchev–Trinajstić information content (AvgIpc) is 2.44. The molecule has 1 amide bonds. The SMILES string of the molecule is CCC(=O)NCCC(C)C(=O)OCCC(C)C(=O)OC(C)(C)C. The number of rotatable bonds is 9. The van der Waals surface area contributed by atoms with E-state index in [1.54, 1.807) is 20.8 Å². The molecule has 0 aliphatic rings. The van der Waals surface area contributed by atoms with E-state index >= 15 is 0 Å². The van der Waals surface area contributed by atoms with Crippen LogP contribution in [-0.2, 0) is 23.9 Å². The van der Waals surface area contributed by atoms with E-state index in [9.17, 15) is 14.4 Å². The van der Waals surface area contributed by atoms with E-state index in [1.165, 1.54) is 0 Å². The highest BCUT2D eigenvalue weighted by atomic mass is 16.6. The van der Waals surface area contributed by atoms with Crippen LogP contribution in [0.4, 0.5) is 0 Å². The van der Waals surface area contributed by atoms with Crippen molar-refractivity contribution in [2.24, 2.45) is 11.8 Å². The normalized spacial score (nSPS) is 13.8. The molecule has 0 aromatic rings. The van der Waals surface area contributed by atoms with Crippen LogP contribution in [0.3, 0.4) is 0 Å². The zero-order valence-corrected chi connectivity index (χ0v) is 15.2. The van der Waals surface area contributed by atoms with Gasteiger partial charge in [-0.1, -0.05) is 20.8 Å². The topological polar surface area (TPSA) is 81.7 Å². The molecule has 23 heavy (non-hydrogen) atoms. The first-order valence-corrected chi connectivity index (χ1v) is 8.23. The zero-order chi connectivity index (χ0) is 18.0. The molecular weight excluding hydrogens is 298 g/mol. The molecular formula is C17H31NO5. The third kappa shape index (κ3) is 10.7. The number of hydrogen-bond donors (Lipinski definition) is 1. The van der Waals surface area contributed by atoms with E-state index in [4.69, 9.17) is 9.47 Å². The maximum Gasteiger partial charge on any atom is 0.309 e. The number of nitrogens with one attached hydrogen (secondary N) is 1. The summed E-state index contributed by atoms with van der Waals surface area (Å²) in [7, 11) is 0. The van der Waals surface area contributed by atoms with Gasteiger partial charge in [-0.05, 0) is 33.6 Å². The summed E-state index contributed by atoms with van der Waals surface area (Å²) in [5.74, 6) is -1.24. The number of esters is 2. The van der Waals surface area contributed by atoms with E-state index in [0.29, 0.717) is 25.8 Å². The minimum atomic E-state index is -0.514. The molecule has 0 heterocycles. The molecule has 0 aromatic heterocycles. The average molecular weight is 329 g/mol. The van der Waals surface area contributed by atoms with Gasteiger partial charge in [0, 0.05) is 13.0 Å². The molecule has 6 heteroatoms. The Balaban J connectivity index is 3.96. The first kappa shape index (κ1) is 21.4. The second kappa shape index (κ2) is 10.2. The molecule has 6 nitrogen and oxygen atoms in total. The Labute approximate surface area is 139 Å². The van der Waals surface area contributed by atoms with Gasteiger partial charge in [-0.15, -0.1) is 0 Å². The minimum absolute atomic E-state index is 0.0308. The van der Waals surface area contributed by atoms with Crippen molar-refractivity contribution in [2.75, 3.05) is 13.2 Å². The standard InChI is InChI=1S/C17H31NO5/c1-7-14(19)18-10-8-12(2)15(20)22-11-9-13(3)16(21)23-17(4,5)6/h12-13H,7-11H2,1-6H3,(H,18,19). The molecule has 0 fully saturated rings. The zero-order valence-electron chi connectivity index (χ0n) is 15.2. The van der Waals surface area contributed by atoms with Crippen molar-refractivity contribution in [3.63, 3.8) is 0 Å². The number of carbonyl (C=O) groups is 3. The van der Waals surface area contributed by atoms with Crippen LogP contribution in [-0.4, -0.2) is 36.6 Å². The van der Waals surface area contributed by atoms with Crippen molar-refractivity contribution < 1.29 is 23.9 Å². The maximum absolute atomic E-state index is 11.8. The van der Waals surface area contributed by atoms with E-state index in [1.807, 2.05) is 20.8 Å². The van der Waals surface area contributed by atoms with Gasteiger partial charge in [0.15, 0.2) is 0 Å². The van der Waals surface area contributed by atoms with Crippen LogP contribution in [0.25, 0.3) is 0 Å². The molecule has 1 N–H and O–H groups in total. The predicted octanol–water partition coefficient (Wildman–Crippen LogP) is 2.45. The summed E-state index contributed by atoms with van der Waals surface area (Å²) in [5, 5.41) is 2.72. The van der Waals surface area contributed by atoms with Crippen molar-refractivity contribution >= 4 is 17.8 Å². The molecule has 2 atom stereocenters. The van der Waals surface area contributed by atoms with Gasteiger partial charge in [-0.3, -0.25) is 14.4 Å². The Kier molecular flexibility index (Phi) is 9.53. The molecule has 0 spiro atoms. The van der Waals surface area contributed by atoms with Crippen LogP contribution in [0.5, 0.6) is 0 Å². The highest BCUT2D eigenvalue weighted by Crippen LogP contribution is 2.14. The quantitative estimate of drug-likeness (QED) is 0.657. The Bertz CT molecular complexity index is 400. The molecule has 0 radical (unpaired) electrons. The van der Waals surface area contributed by atoms with Gasteiger partial charge in [-0.25, -0.2) is 0 Å². The molecule has 0 saturated carbocycles. The molecule has 0 rings (SSSR count). The third-order valence-corrected chi connectivity index (χ3v) is 3.23. The molecule has 0 aliphatic carbocycles. The summed E-state index contributed by atoms with van der Waals surface area (Å²) in [6.07, 6.45) is 1.40. The molecule has 0 aromatic carbocycles. The van der Waals surface area contributed by atoms with E-state index in [2.05, 4.69) is 5.32 Å². The molecule has 0 aliphatic heterocycles. The fourth-order valence-electron chi connectivity index (χ4n) is 1.67. The summed E-state index contributed by atoms with van der Waals surface area (Å²) in [5.41, 5.74) is -0.514. The van der Waals surface area contributed by atoms with Crippen LogP contribution in [0.1, 0.15) is 60.8 Å². The second-order valence-corrected chi connectivity index (χ2v) is 6.78. The Morgan fingerprint density at radius 2 is 1.57 bits per heavy atom. The Hall–Kier alpha value is -1.59. The summed E-state index contributed by atoms with van der Waals surface area (Å²) in [6, 6.07) is 0. The lowest BCUT2D eigenvalue weighted by Crippen LogP contribution is -2.29. The minimum Gasteiger partial charge on any atom is -0.465 e. The number of carbonyl (C=O) groups excluding carboxylic acids is 3. The van der Waals surface area contributed by atoms with Crippen molar-refractivity contribution in [1.29, 1.82) is 0 Å². The van der Waals surface area contributed by atoms with Crippen LogP contribution in [0.2, 0.25) is 0 Å². The van der Waals surface area contributed by atoms with Gasteiger partial charge < -0.3 is 14.8 Å². The molecule has 0 saturated heterocycles. The van der Waals surface area contributed by atoms with Gasteiger partial charge in [0.05, 0.1) is 18.4 Å². The van der Waals surface area contributed by atoms with Gasteiger partial charge in [-0.2, -0.15) is 0 Å². The lowest BCUT2D eigenvalue weighted by Gasteiger charge is -2.22. The summed E-state index contributed by atoms with van der Waals surface area (Å²) < 4.78 is 10.5. The smallest absolute Gasteiger partial charge is 0.309 e. The van der Waals surface area contributed by atoms with Gasteiger partial charge >= 0.3 is 11.9 Å². The van der Waals surface area contributed by atoms with Crippen molar-refractivity contribution in [3.05, 3.63) is 0 Å². The summed E-state index contributed by atoms with van der Waals surface area (Å²) >= 11 is 0. The summed E-state index contributed by atoms with van der Waals surface area (Å²) in [4.78, 5) is 34.7. The number of hydrogen-bond acceptors (Lipinski definition) is 5. The van der Waals surface area contributed by atoms with Gasteiger partial charge in [0.25, 0.3) is 0 Å². The highest BCUT2D eigenvalue weighted by Gasteiger charge is 2.22. The fraction of sp³-hybridized carbons (Fsp3) is 0.824. The monoisotopic (exact) mass is 329 g/mol. The first-order valence-electron chi connectivity index (χ1n) is 8.23. The lowest BCUT2D eigenvalue weighted by atomic mass is 10.1. The van der Waals surface area contributed by atoms with E-state index in [0.717, 1.165) is 0 Å². The Morgan fingerprint density at radius 3 is 2.09 bits per heavy atom. The van der Waals surface area contributed by atoms with Crippen LogP contribution < -0.4 is 5.32 Å².